The number of fused-ring (bicyclic) bond motifs is 1. The van der Waals surface area contributed by atoms with Crippen molar-refractivity contribution in [1.29, 1.82) is 5.26 Å². The van der Waals surface area contributed by atoms with Gasteiger partial charge in [0.15, 0.2) is 0 Å². The topological polar surface area (TPSA) is 52.5 Å². The molecular weight excluding hydrogens is 341 g/mol. The molecule has 0 aliphatic rings. The summed E-state index contributed by atoms with van der Waals surface area (Å²) in [6, 6.07) is 10.2. The Balaban J connectivity index is 2.07. The van der Waals surface area contributed by atoms with Gasteiger partial charge in [0.25, 0.3) is 0 Å². The van der Waals surface area contributed by atoms with Gasteiger partial charge in [0.1, 0.15) is 17.7 Å². The maximum absolute atomic E-state index is 13.1. The van der Waals surface area contributed by atoms with Crippen LogP contribution in [0.25, 0.3) is 22.7 Å². The van der Waals surface area contributed by atoms with Crippen molar-refractivity contribution in [1.82, 2.24) is 9.97 Å². The number of hydrogen-bond donors (Lipinski definition) is 1. The SMILES string of the molecule is N#C/C(=C/c1ccc(Br)s1)c1nc2ccc(F)cc2[nH]1. The zero-order chi connectivity index (χ0) is 14.1. The molecule has 0 spiro atoms. The van der Waals surface area contributed by atoms with Crippen LogP contribution < -0.4 is 0 Å². The molecule has 98 valence electrons. The molecule has 0 atom stereocenters. The quantitative estimate of drug-likeness (QED) is 0.689. The number of aromatic nitrogens is 2. The zero-order valence-electron chi connectivity index (χ0n) is 10.0. The minimum absolute atomic E-state index is 0.336. The summed E-state index contributed by atoms with van der Waals surface area (Å²) in [6.07, 6.45) is 1.75. The number of rotatable bonds is 2. The highest BCUT2D eigenvalue weighted by atomic mass is 79.9. The van der Waals surface area contributed by atoms with Gasteiger partial charge in [-0.1, -0.05) is 0 Å². The zero-order valence-corrected chi connectivity index (χ0v) is 12.4. The van der Waals surface area contributed by atoms with Crippen LogP contribution in [0.15, 0.2) is 34.1 Å². The van der Waals surface area contributed by atoms with Crippen LogP contribution in [-0.4, -0.2) is 9.97 Å². The Morgan fingerprint density at radius 2 is 2.25 bits per heavy atom. The van der Waals surface area contributed by atoms with E-state index in [1.165, 1.54) is 23.5 Å². The Hall–Kier alpha value is -1.97. The number of H-pyrrole nitrogens is 1. The van der Waals surface area contributed by atoms with E-state index in [0.717, 1.165) is 8.66 Å². The molecule has 0 amide bonds. The van der Waals surface area contributed by atoms with Gasteiger partial charge in [-0.15, -0.1) is 11.3 Å². The molecule has 1 N–H and O–H groups in total. The van der Waals surface area contributed by atoms with E-state index in [4.69, 9.17) is 0 Å². The smallest absolute Gasteiger partial charge is 0.149 e. The molecule has 0 bridgehead atoms. The molecule has 2 aromatic heterocycles. The molecule has 1 aromatic carbocycles. The van der Waals surface area contributed by atoms with Crippen molar-refractivity contribution in [2.75, 3.05) is 0 Å². The fourth-order valence-electron chi connectivity index (χ4n) is 1.81. The molecule has 0 unspecified atom stereocenters. The van der Waals surface area contributed by atoms with Crippen LogP contribution in [-0.2, 0) is 0 Å². The second-order valence-corrected chi connectivity index (χ2v) is 6.55. The van der Waals surface area contributed by atoms with Crippen LogP contribution in [0.3, 0.4) is 0 Å². The first-order valence-corrected chi connectivity index (χ1v) is 7.29. The van der Waals surface area contributed by atoms with Gasteiger partial charge in [0.05, 0.1) is 20.4 Å². The van der Waals surface area contributed by atoms with E-state index in [1.54, 1.807) is 12.1 Å². The molecule has 3 aromatic rings. The predicted molar refractivity (Wildman–Crippen MR) is 81.6 cm³/mol. The van der Waals surface area contributed by atoms with E-state index in [0.29, 0.717) is 22.4 Å². The summed E-state index contributed by atoms with van der Waals surface area (Å²) in [5, 5.41) is 9.27. The molecule has 20 heavy (non-hydrogen) atoms. The minimum atomic E-state index is -0.336. The van der Waals surface area contributed by atoms with Crippen LogP contribution in [0.1, 0.15) is 10.7 Å². The fraction of sp³-hybridized carbons (Fsp3) is 0. The Kier molecular flexibility index (Phi) is 3.38. The van der Waals surface area contributed by atoms with Crippen molar-refractivity contribution in [3.05, 3.63) is 50.6 Å². The second-order valence-electron chi connectivity index (χ2n) is 4.06. The minimum Gasteiger partial charge on any atom is -0.337 e. The number of hydrogen-bond acceptors (Lipinski definition) is 3. The predicted octanol–water partition coefficient (Wildman–Crippen LogP) is 4.59. The van der Waals surface area contributed by atoms with E-state index in [2.05, 4.69) is 32.0 Å². The lowest BCUT2D eigenvalue weighted by Crippen LogP contribution is -1.83. The third kappa shape index (κ3) is 2.50. The number of thiophene rings is 1. The number of nitrogens with zero attached hydrogens (tertiary/aromatic N) is 2. The van der Waals surface area contributed by atoms with Crippen LogP contribution in [0.5, 0.6) is 0 Å². The summed E-state index contributed by atoms with van der Waals surface area (Å²) in [6.45, 7) is 0. The Labute approximate surface area is 126 Å². The molecule has 6 heteroatoms. The molecule has 3 nitrogen and oxygen atoms in total. The lowest BCUT2D eigenvalue weighted by Gasteiger charge is -1.91. The average molecular weight is 348 g/mol. The first kappa shape index (κ1) is 13.0. The maximum Gasteiger partial charge on any atom is 0.149 e. The monoisotopic (exact) mass is 347 g/mol. The molecule has 3 rings (SSSR count). The number of allylic oxidation sites excluding steroid dienone is 1. The van der Waals surface area contributed by atoms with Gasteiger partial charge in [-0.3, -0.25) is 0 Å². The lowest BCUT2D eigenvalue weighted by molar-refractivity contribution is 0.629. The van der Waals surface area contributed by atoms with Crippen LogP contribution in [0.2, 0.25) is 0 Å². The van der Waals surface area contributed by atoms with E-state index in [1.807, 2.05) is 12.1 Å². The molecule has 2 heterocycles. The van der Waals surface area contributed by atoms with Crippen molar-refractivity contribution in [2.24, 2.45) is 0 Å². The number of aromatic amines is 1. The summed E-state index contributed by atoms with van der Waals surface area (Å²) in [4.78, 5) is 8.22. The number of nitriles is 1. The van der Waals surface area contributed by atoms with Gasteiger partial charge in [0, 0.05) is 4.88 Å². The lowest BCUT2D eigenvalue weighted by atomic mass is 10.2. The normalized spacial score (nSPS) is 11.8. The van der Waals surface area contributed by atoms with Crippen molar-refractivity contribution < 1.29 is 4.39 Å². The highest BCUT2D eigenvalue weighted by molar-refractivity contribution is 9.11. The highest BCUT2D eigenvalue weighted by Crippen LogP contribution is 2.26. The number of nitrogens with one attached hydrogen (secondary N) is 1. The Bertz CT molecular complexity index is 857. The first-order chi connectivity index (χ1) is 9.65. The molecular formula is C14H7BrFN3S. The molecule has 0 saturated carbocycles. The molecule has 0 aliphatic carbocycles. The van der Waals surface area contributed by atoms with Gasteiger partial charge < -0.3 is 4.98 Å². The van der Waals surface area contributed by atoms with Crippen LogP contribution in [0.4, 0.5) is 4.39 Å². The maximum atomic E-state index is 13.1. The Morgan fingerprint density at radius 1 is 1.40 bits per heavy atom. The van der Waals surface area contributed by atoms with Crippen molar-refractivity contribution >= 4 is 49.9 Å². The van der Waals surface area contributed by atoms with Gasteiger partial charge in [-0.25, -0.2) is 9.37 Å². The second kappa shape index (κ2) is 5.19. The van der Waals surface area contributed by atoms with Gasteiger partial charge in [-0.05, 0) is 52.3 Å². The van der Waals surface area contributed by atoms with Crippen LogP contribution in [0, 0.1) is 17.1 Å². The molecule has 0 saturated heterocycles. The fourth-order valence-corrected chi connectivity index (χ4v) is 3.18. The number of halogens is 2. The molecule has 0 fully saturated rings. The standard InChI is InChI=1S/C14H7BrFN3S/c15-13-4-2-10(20-13)5-8(7-17)14-18-11-3-1-9(16)6-12(11)19-14/h1-6H,(H,18,19)/b8-5-. The van der Waals surface area contributed by atoms with Crippen molar-refractivity contribution in [3.63, 3.8) is 0 Å². The van der Waals surface area contributed by atoms with E-state index in [9.17, 15) is 9.65 Å². The largest absolute Gasteiger partial charge is 0.337 e. The molecule has 0 radical (unpaired) electrons. The van der Waals surface area contributed by atoms with Gasteiger partial charge >= 0.3 is 0 Å². The third-order valence-corrected chi connectivity index (χ3v) is 4.27. The number of benzene rings is 1. The summed E-state index contributed by atoms with van der Waals surface area (Å²) >= 11 is 4.90. The van der Waals surface area contributed by atoms with Crippen LogP contribution >= 0.6 is 27.3 Å². The summed E-state index contributed by atoms with van der Waals surface area (Å²) < 4.78 is 14.1. The van der Waals surface area contributed by atoms with E-state index < -0.39 is 0 Å². The van der Waals surface area contributed by atoms with Gasteiger partial charge in [-0.2, -0.15) is 5.26 Å². The summed E-state index contributed by atoms with van der Waals surface area (Å²) in [5.41, 5.74) is 1.62. The number of imidazole rings is 1. The summed E-state index contributed by atoms with van der Waals surface area (Å²) in [5.74, 6) is 0.106. The third-order valence-electron chi connectivity index (χ3n) is 2.70. The van der Waals surface area contributed by atoms with Crippen molar-refractivity contribution in [2.45, 2.75) is 0 Å². The Morgan fingerprint density at radius 3 is 2.95 bits per heavy atom. The average Bonchev–Trinajstić information content (AvgIpc) is 3.01. The molecule has 0 aliphatic heterocycles. The van der Waals surface area contributed by atoms with Gasteiger partial charge in [0.2, 0.25) is 0 Å². The van der Waals surface area contributed by atoms with E-state index in [-0.39, 0.29) is 5.82 Å². The first-order valence-electron chi connectivity index (χ1n) is 5.68. The summed E-state index contributed by atoms with van der Waals surface area (Å²) in [7, 11) is 0. The van der Waals surface area contributed by atoms with E-state index >= 15 is 0 Å². The highest BCUT2D eigenvalue weighted by Gasteiger charge is 2.09. The van der Waals surface area contributed by atoms with Crippen molar-refractivity contribution in [3.8, 4) is 6.07 Å².